The van der Waals surface area contributed by atoms with E-state index in [1.807, 2.05) is 0 Å². The second kappa shape index (κ2) is 4.61. The van der Waals surface area contributed by atoms with E-state index in [0.717, 1.165) is 25.7 Å². The fourth-order valence-corrected chi connectivity index (χ4v) is 2.02. The van der Waals surface area contributed by atoms with Crippen LogP contribution in [0.3, 0.4) is 0 Å². The molecule has 0 unspecified atom stereocenters. The van der Waals surface area contributed by atoms with Gasteiger partial charge in [-0.1, -0.05) is 13.8 Å². The van der Waals surface area contributed by atoms with Crippen LogP contribution in [-0.4, -0.2) is 18.0 Å². The Balaban J connectivity index is 2.26. The fraction of sp³-hybridized carbons (Fsp3) is 0.900. The summed E-state index contributed by atoms with van der Waals surface area (Å²) in [4.78, 5) is 10.9. The Hall–Kier alpha value is -0.570. The molecule has 13 heavy (non-hydrogen) atoms. The standard InChI is InChI=1S/C10H20N2O/c1-7(2)12-9-5-3-8(4-6-9)10(11)13/h7-9,12H,3-6H2,1-2H3,(H2,11,13). The summed E-state index contributed by atoms with van der Waals surface area (Å²) in [5, 5.41) is 3.49. The zero-order valence-corrected chi connectivity index (χ0v) is 8.55. The number of rotatable bonds is 3. The first-order valence-electron chi connectivity index (χ1n) is 5.15. The largest absolute Gasteiger partial charge is 0.369 e. The van der Waals surface area contributed by atoms with E-state index >= 15 is 0 Å². The van der Waals surface area contributed by atoms with Crippen molar-refractivity contribution >= 4 is 5.91 Å². The van der Waals surface area contributed by atoms with Crippen LogP contribution in [0.5, 0.6) is 0 Å². The van der Waals surface area contributed by atoms with Crippen molar-refractivity contribution in [3.63, 3.8) is 0 Å². The molecule has 1 aliphatic rings. The lowest BCUT2D eigenvalue weighted by molar-refractivity contribution is -0.122. The summed E-state index contributed by atoms with van der Waals surface area (Å²) in [6, 6.07) is 1.13. The van der Waals surface area contributed by atoms with Gasteiger partial charge in [0.2, 0.25) is 5.91 Å². The van der Waals surface area contributed by atoms with Gasteiger partial charge in [0.05, 0.1) is 0 Å². The highest BCUT2D eigenvalue weighted by Crippen LogP contribution is 2.23. The zero-order chi connectivity index (χ0) is 9.84. The Morgan fingerprint density at radius 2 is 1.85 bits per heavy atom. The molecule has 3 heteroatoms. The highest BCUT2D eigenvalue weighted by molar-refractivity contribution is 5.76. The van der Waals surface area contributed by atoms with Gasteiger partial charge in [0, 0.05) is 18.0 Å². The molecule has 3 nitrogen and oxygen atoms in total. The van der Waals surface area contributed by atoms with Crippen LogP contribution >= 0.6 is 0 Å². The van der Waals surface area contributed by atoms with Gasteiger partial charge in [-0.25, -0.2) is 0 Å². The summed E-state index contributed by atoms with van der Waals surface area (Å²) in [5.41, 5.74) is 5.25. The predicted molar refractivity (Wildman–Crippen MR) is 53.2 cm³/mol. The van der Waals surface area contributed by atoms with Gasteiger partial charge in [-0.05, 0) is 25.7 Å². The average Bonchev–Trinajstić information content (AvgIpc) is 2.04. The van der Waals surface area contributed by atoms with Crippen molar-refractivity contribution in [1.29, 1.82) is 0 Å². The molecule has 0 spiro atoms. The van der Waals surface area contributed by atoms with Gasteiger partial charge in [-0.15, -0.1) is 0 Å². The third-order valence-electron chi connectivity index (χ3n) is 2.70. The van der Waals surface area contributed by atoms with Crippen LogP contribution in [0, 0.1) is 5.92 Å². The van der Waals surface area contributed by atoms with E-state index in [1.54, 1.807) is 0 Å². The van der Waals surface area contributed by atoms with Gasteiger partial charge in [-0.2, -0.15) is 0 Å². The molecule has 1 amide bonds. The molecular weight excluding hydrogens is 164 g/mol. The minimum atomic E-state index is -0.122. The molecule has 76 valence electrons. The van der Waals surface area contributed by atoms with Gasteiger partial charge in [-0.3, -0.25) is 4.79 Å². The first-order valence-corrected chi connectivity index (χ1v) is 5.15. The van der Waals surface area contributed by atoms with Gasteiger partial charge in [0.1, 0.15) is 0 Å². The Morgan fingerprint density at radius 3 is 2.23 bits per heavy atom. The third kappa shape index (κ3) is 3.35. The Morgan fingerprint density at radius 1 is 1.31 bits per heavy atom. The number of hydrogen-bond donors (Lipinski definition) is 2. The van der Waals surface area contributed by atoms with E-state index in [4.69, 9.17) is 5.73 Å². The maximum atomic E-state index is 10.9. The maximum Gasteiger partial charge on any atom is 0.220 e. The lowest BCUT2D eigenvalue weighted by Gasteiger charge is -2.28. The molecule has 0 bridgehead atoms. The summed E-state index contributed by atoms with van der Waals surface area (Å²) in [7, 11) is 0. The molecule has 0 saturated heterocycles. The van der Waals surface area contributed by atoms with E-state index in [9.17, 15) is 4.79 Å². The van der Waals surface area contributed by atoms with Crippen molar-refractivity contribution in [2.24, 2.45) is 11.7 Å². The number of nitrogens with one attached hydrogen (secondary N) is 1. The van der Waals surface area contributed by atoms with Gasteiger partial charge < -0.3 is 11.1 Å². The van der Waals surface area contributed by atoms with E-state index in [1.165, 1.54) is 0 Å². The minimum Gasteiger partial charge on any atom is -0.369 e. The number of hydrogen-bond acceptors (Lipinski definition) is 2. The molecule has 0 aliphatic heterocycles. The van der Waals surface area contributed by atoms with Crippen LogP contribution in [0.15, 0.2) is 0 Å². The van der Waals surface area contributed by atoms with E-state index in [-0.39, 0.29) is 11.8 Å². The van der Waals surface area contributed by atoms with Crippen LogP contribution in [0.1, 0.15) is 39.5 Å². The van der Waals surface area contributed by atoms with Crippen molar-refractivity contribution in [2.45, 2.75) is 51.6 Å². The van der Waals surface area contributed by atoms with Crippen LogP contribution in [0.25, 0.3) is 0 Å². The van der Waals surface area contributed by atoms with Crippen molar-refractivity contribution in [3.05, 3.63) is 0 Å². The number of primary amides is 1. The molecule has 1 fully saturated rings. The van der Waals surface area contributed by atoms with Crippen LogP contribution < -0.4 is 11.1 Å². The van der Waals surface area contributed by atoms with E-state index in [2.05, 4.69) is 19.2 Å². The summed E-state index contributed by atoms with van der Waals surface area (Å²) in [6.07, 6.45) is 4.09. The number of carbonyl (C=O) groups is 1. The topological polar surface area (TPSA) is 55.1 Å². The Kier molecular flexibility index (Phi) is 3.72. The van der Waals surface area contributed by atoms with Crippen molar-refractivity contribution in [3.8, 4) is 0 Å². The summed E-state index contributed by atoms with van der Waals surface area (Å²) in [6.45, 7) is 4.31. The monoisotopic (exact) mass is 184 g/mol. The molecule has 0 atom stereocenters. The molecular formula is C10H20N2O. The van der Waals surface area contributed by atoms with E-state index < -0.39 is 0 Å². The minimum absolute atomic E-state index is 0.122. The summed E-state index contributed by atoms with van der Waals surface area (Å²) >= 11 is 0. The van der Waals surface area contributed by atoms with Crippen molar-refractivity contribution < 1.29 is 4.79 Å². The molecule has 1 rings (SSSR count). The second-order valence-corrected chi connectivity index (χ2v) is 4.27. The highest BCUT2D eigenvalue weighted by Gasteiger charge is 2.24. The van der Waals surface area contributed by atoms with Crippen LogP contribution in [0.2, 0.25) is 0 Å². The summed E-state index contributed by atoms with van der Waals surface area (Å²) in [5.74, 6) is 0.00760. The Bertz CT molecular complexity index is 172. The quantitative estimate of drug-likeness (QED) is 0.688. The Labute approximate surface area is 80.1 Å². The lowest BCUT2D eigenvalue weighted by Crippen LogP contribution is -2.39. The molecule has 1 aliphatic carbocycles. The molecule has 0 aromatic carbocycles. The van der Waals surface area contributed by atoms with Crippen LogP contribution in [0.4, 0.5) is 0 Å². The first kappa shape index (κ1) is 10.5. The molecule has 0 aromatic rings. The van der Waals surface area contributed by atoms with Gasteiger partial charge in [0.15, 0.2) is 0 Å². The average molecular weight is 184 g/mol. The van der Waals surface area contributed by atoms with E-state index in [0.29, 0.717) is 12.1 Å². The summed E-state index contributed by atoms with van der Waals surface area (Å²) < 4.78 is 0. The van der Waals surface area contributed by atoms with Gasteiger partial charge >= 0.3 is 0 Å². The smallest absolute Gasteiger partial charge is 0.220 e. The molecule has 0 radical (unpaired) electrons. The van der Waals surface area contributed by atoms with Gasteiger partial charge in [0.25, 0.3) is 0 Å². The normalized spacial score (nSPS) is 29.2. The predicted octanol–water partition coefficient (Wildman–Crippen LogP) is 1.03. The molecule has 1 saturated carbocycles. The molecule has 0 heterocycles. The van der Waals surface area contributed by atoms with Crippen molar-refractivity contribution in [1.82, 2.24) is 5.32 Å². The second-order valence-electron chi connectivity index (χ2n) is 4.27. The number of carbonyl (C=O) groups excluding carboxylic acids is 1. The first-order chi connectivity index (χ1) is 6.09. The maximum absolute atomic E-state index is 10.9. The molecule has 0 aromatic heterocycles. The highest BCUT2D eigenvalue weighted by atomic mass is 16.1. The van der Waals surface area contributed by atoms with Crippen molar-refractivity contribution in [2.75, 3.05) is 0 Å². The zero-order valence-electron chi connectivity index (χ0n) is 8.55. The fourth-order valence-electron chi connectivity index (χ4n) is 2.02. The number of amides is 1. The number of nitrogens with two attached hydrogens (primary N) is 1. The third-order valence-corrected chi connectivity index (χ3v) is 2.70. The lowest BCUT2D eigenvalue weighted by atomic mass is 9.85. The van der Waals surface area contributed by atoms with Crippen LogP contribution in [-0.2, 0) is 4.79 Å². The molecule has 3 N–H and O–H groups in total. The SMILES string of the molecule is CC(C)NC1CCC(C(N)=O)CC1.